The summed E-state index contributed by atoms with van der Waals surface area (Å²) in [5.74, 6) is 1.09. The molecular weight excluding hydrogens is 252 g/mol. The van der Waals surface area contributed by atoms with Crippen LogP contribution in [0.1, 0.15) is 39.0 Å². The van der Waals surface area contributed by atoms with Gasteiger partial charge in [-0.05, 0) is 31.4 Å². The van der Waals surface area contributed by atoms with Crippen molar-refractivity contribution >= 4 is 11.4 Å². The van der Waals surface area contributed by atoms with Gasteiger partial charge in [-0.1, -0.05) is 19.8 Å². The molecule has 4 nitrogen and oxygen atoms in total. The Kier molecular flexibility index (Phi) is 5.53. The Morgan fingerprint density at radius 2 is 2.15 bits per heavy atom. The third-order valence-electron chi connectivity index (χ3n) is 3.97. The Labute approximate surface area is 121 Å². The first-order valence-corrected chi connectivity index (χ1v) is 7.64. The van der Waals surface area contributed by atoms with Crippen LogP contribution in [0, 0.1) is 5.92 Å². The molecule has 1 saturated carbocycles. The number of anilines is 2. The average molecular weight is 278 g/mol. The first-order chi connectivity index (χ1) is 9.74. The van der Waals surface area contributed by atoms with Crippen molar-refractivity contribution in [3.63, 3.8) is 0 Å². The SMILES string of the molecule is CCCOc1cc(NC2CCCCC2CO)ccc1N. The summed E-state index contributed by atoms with van der Waals surface area (Å²) in [6.45, 7) is 3.01. The minimum Gasteiger partial charge on any atom is -0.491 e. The molecule has 2 atom stereocenters. The summed E-state index contributed by atoms with van der Waals surface area (Å²) in [5, 5.41) is 13.0. The van der Waals surface area contributed by atoms with E-state index < -0.39 is 0 Å². The van der Waals surface area contributed by atoms with Crippen LogP contribution in [0.15, 0.2) is 18.2 Å². The van der Waals surface area contributed by atoms with Crippen LogP contribution in [0.3, 0.4) is 0 Å². The number of aliphatic hydroxyl groups is 1. The molecule has 2 unspecified atom stereocenters. The Bertz CT molecular complexity index is 423. The van der Waals surface area contributed by atoms with E-state index in [0.717, 1.165) is 30.7 Å². The maximum Gasteiger partial charge on any atom is 0.144 e. The number of rotatable bonds is 6. The Balaban J connectivity index is 2.04. The van der Waals surface area contributed by atoms with Gasteiger partial charge in [-0.25, -0.2) is 0 Å². The molecule has 0 heterocycles. The topological polar surface area (TPSA) is 67.5 Å². The highest BCUT2D eigenvalue weighted by molar-refractivity contribution is 5.61. The fraction of sp³-hybridized carbons (Fsp3) is 0.625. The number of ether oxygens (including phenoxy) is 1. The van der Waals surface area contributed by atoms with Crippen molar-refractivity contribution in [3.05, 3.63) is 18.2 Å². The summed E-state index contributed by atoms with van der Waals surface area (Å²) in [4.78, 5) is 0. The molecule has 0 radical (unpaired) electrons. The van der Waals surface area contributed by atoms with Crippen LogP contribution < -0.4 is 15.8 Å². The minimum absolute atomic E-state index is 0.256. The first-order valence-electron chi connectivity index (χ1n) is 7.64. The maximum absolute atomic E-state index is 9.47. The molecule has 4 heteroatoms. The number of nitrogens with two attached hydrogens (primary N) is 1. The van der Waals surface area contributed by atoms with Crippen LogP contribution >= 0.6 is 0 Å². The molecule has 0 spiro atoms. The van der Waals surface area contributed by atoms with Crippen molar-refractivity contribution in [2.75, 3.05) is 24.3 Å². The molecule has 20 heavy (non-hydrogen) atoms. The van der Waals surface area contributed by atoms with Gasteiger partial charge in [-0.3, -0.25) is 0 Å². The van der Waals surface area contributed by atoms with E-state index >= 15 is 0 Å². The predicted molar refractivity (Wildman–Crippen MR) is 83.1 cm³/mol. The van der Waals surface area contributed by atoms with Crippen LogP contribution in [0.5, 0.6) is 5.75 Å². The van der Waals surface area contributed by atoms with Gasteiger partial charge in [0.25, 0.3) is 0 Å². The van der Waals surface area contributed by atoms with E-state index in [4.69, 9.17) is 10.5 Å². The zero-order chi connectivity index (χ0) is 14.4. The van der Waals surface area contributed by atoms with Gasteiger partial charge in [0.1, 0.15) is 5.75 Å². The standard InChI is InChI=1S/C16H26N2O2/c1-2-9-20-16-10-13(7-8-14(16)17)18-15-6-4-3-5-12(15)11-19/h7-8,10,12,15,18-19H,2-6,9,11,17H2,1H3. The molecule has 4 N–H and O–H groups in total. The Hall–Kier alpha value is -1.42. The summed E-state index contributed by atoms with van der Waals surface area (Å²) in [6, 6.07) is 6.17. The molecule has 0 aliphatic heterocycles. The molecule has 0 saturated heterocycles. The molecular formula is C16H26N2O2. The number of hydrogen-bond donors (Lipinski definition) is 3. The van der Waals surface area contributed by atoms with Gasteiger partial charge in [-0.2, -0.15) is 0 Å². The molecule has 1 fully saturated rings. The van der Waals surface area contributed by atoms with E-state index in [1.807, 2.05) is 18.2 Å². The molecule has 1 aliphatic carbocycles. The second-order valence-electron chi connectivity index (χ2n) is 5.58. The monoisotopic (exact) mass is 278 g/mol. The van der Waals surface area contributed by atoms with Gasteiger partial charge in [0.2, 0.25) is 0 Å². The second kappa shape index (κ2) is 7.39. The number of aliphatic hydroxyl groups excluding tert-OH is 1. The first kappa shape index (κ1) is 15.0. The third-order valence-corrected chi connectivity index (χ3v) is 3.97. The summed E-state index contributed by atoms with van der Waals surface area (Å²) in [6.07, 6.45) is 5.62. The van der Waals surface area contributed by atoms with Crippen molar-refractivity contribution in [3.8, 4) is 5.75 Å². The number of benzene rings is 1. The van der Waals surface area contributed by atoms with E-state index in [-0.39, 0.29) is 6.61 Å². The van der Waals surface area contributed by atoms with E-state index in [1.54, 1.807) is 0 Å². The maximum atomic E-state index is 9.47. The fourth-order valence-electron chi connectivity index (χ4n) is 2.79. The molecule has 1 aliphatic rings. The highest BCUT2D eigenvalue weighted by atomic mass is 16.5. The fourth-order valence-corrected chi connectivity index (χ4v) is 2.79. The Morgan fingerprint density at radius 1 is 1.35 bits per heavy atom. The highest BCUT2D eigenvalue weighted by Crippen LogP contribution is 2.30. The molecule has 1 aromatic rings. The van der Waals surface area contributed by atoms with Crippen LogP contribution in [0.25, 0.3) is 0 Å². The predicted octanol–water partition coefficient (Wildman–Crippen LogP) is 3.02. The van der Waals surface area contributed by atoms with Crippen molar-refractivity contribution in [2.45, 2.75) is 45.1 Å². The summed E-state index contributed by atoms with van der Waals surface area (Å²) in [7, 11) is 0. The average Bonchev–Trinajstić information content (AvgIpc) is 2.48. The zero-order valence-corrected chi connectivity index (χ0v) is 12.3. The van der Waals surface area contributed by atoms with Crippen LogP contribution in [0.2, 0.25) is 0 Å². The zero-order valence-electron chi connectivity index (χ0n) is 12.3. The highest BCUT2D eigenvalue weighted by Gasteiger charge is 2.24. The molecule has 0 aromatic heterocycles. The lowest BCUT2D eigenvalue weighted by molar-refractivity contribution is 0.178. The minimum atomic E-state index is 0.256. The molecule has 2 rings (SSSR count). The van der Waals surface area contributed by atoms with Gasteiger partial charge < -0.3 is 20.9 Å². The van der Waals surface area contributed by atoms with Crippen molar-refractivity contribution < 1.29 is 9.84 Å². The van der Waals surface area contributed by atoms with Crippen molar-refractivity contribution in [1.82, 2.24) is 0 Å². The number of hydrogen-bond acceptors (Lipinski definition) is 4. The smallest absolute Gasteiger partial charge is 0.144 e. The molecule has 0 bridgehead atoms. The van der Waals surface area contributed by atoms with Gasteiger partial charge in [0.05, 0.1) is 12.3 Å². The summed E-state index contributed by atoms with van der Waals surface area (Å²) < 4.78 is 5.65. The van der Waals surface area contributed by atoms with Gasteiger partial charge in [0, 0.05) is 30.3 Å². The summed E-state index contributed by atoms with van der Waals surface area (Å²) >= 11 is 0. The number of nitrogen functional groups attached to an aromatic ring is 1. The lowest BCUT2D eigenvalue weighted by Crippen LogP contribution is -2.34. The van der Waals surface area contributed by atoms with Crippen molar-refractivity contribution in [1.29, 1.82) is 0 Å². The molecule has 112 valence electrons. The van der Waals surface area contributed by atoms with E-state index in [1.165, 1.54) is 12.8 Å². The van der Waals surface area contributed by atoms with Gasteiger partial charge in [0.15, 0.2) is 0 Å². The van der Waals surface area contributed by atoms with E-state index in [2.05, 4.69) is 12.2 Å². The molecule has 1 aromatic carbocycles. The third kappa shape index (κ3) is 3.79. The van der Waals surface area contributed by atoms with E-state index in [9.17, 15) is 5.11 Å². The van der Waals surface area contributed by atoms with Crippen LogP contribution in [-0.2, 0) is 0 Å². The summed E-state index contributed by atoms with van der Waals surface area (Å²) in [5.41, 5.74) is 7.62. The van der Waals surface area contributed by atoms with Gasteiger partial charge >= 0.3 is 0 Å². The quantitative estimate of drug-likeness (QED) is 0.700. The number of nitrogens with one attached hydrogen (secondary N) is 1. The lowest BCUT2D eigenvalue weighted by atomic mass is 9.85. The largest absolute Gasteiger partial charge is 0.491 e. The normalized spacial score (nSPS) is 22.5. The van der Waals surface area contributed by atoms with Crippen LogP contribution in [0.4, 0.5) is 11.4 Å². The van der Waals surface area contributed by atoms with E-state index in [0.29, 0.717) is 24.3 Å². The molecule has 0 amide bonds. The second-order valence-corrected chi connectivity index (χ2v) is 5.58. The Morgan fingerprint density at radius 3 is 2.90 bits per heavy atom. The van der Waals surface area contributed by atoms with Crippen molar-refractivity contribution in [2.24, 2.45) is 5.92 Å². The van der Waals surface area contributed by atoms with Crippen LogP contribution in [-0.4, -0.2) is 24.4 Å². The lowest BCUT2D eigenvalue weighted by Gasteiger charge is -2.31. The van der Waals surface area contributed by atoms with Gasteiger partial charge in [-0.15, -0.1) is 0 Å².